The summed E-state index contributed by atoms with van der Waals surface area (Å²) < 4.78 is 36.6. The van der Waals surface area contributed by atoms with E-state index in [1.54, 1.807) is 73.5 Å². The first-order valence-corrected chi connectivity index (χ1v) is 17.4. The van der Waals surface area contributed by atoms with Crippen LogP contribution in [0.2, 0.25) is 0 Å². The van der Waals surface area contributed by atoms with Gasteiger partial charge in [0.1, 0.15) is 11.9 Å². The summed E-state index contributed by atoms with van der Waals surface area (Å²) >= 11 is 0. The summed E-state index contributed by atoms with van der Waals surface area (Å²) in [5.74, 6) is -0.0956. The molecule has 0 spiro atoms. The minimum absolute atomic E-state index is 0.0368. The average Bonchev–Trinajstić information content (AvgIpc) is 3.53. The molecule has 13 nitrogen and oxygen atoms in total. The van der Waals surface area contributed by atoms with Gasteiger partial charge in [0.2, 0.25) is 5.91 Å². The Kier molecular flexibility index (Phi) is 10.9. The standard InChI is InChI=1S/C35H43N7O6S/c1-23-17-42(24(2)21-43)34(44)16-27-15-28(39-49(46,47)33-20-41(4)22-37-33)13-14-31(27)48-32(23)19-40(3)18-25-9-11-26(12-10-25)35(45)38-30-8-6-5-7-29(30)36/h5-15,20,22-24,32,39,43H,16-19,21,36H2,1-4H3,(H,38,45)/t23-,24-,32-/m0/s1. The van der Waals surface area contributed by atoms with E-state index < -0.39 is 16.1 Å². The highest BCUT2D eigenvalue weighted by molar-refractivity contribution is 7.92. The number of rotatable bonds is 11. The number of amides is 2. The summed E-state index contributed by atoms with van der Waals surface area (Å²) in [6.45, 7) is 5.03. The lowest BCUT2D eigenvalue weighted by atomic mass is 10.0. The fourth-order valence-corrected chi connectivity index (χ4v) is 6.73. The molecule has 2 amide bonds. The third-order valence-electron chi connectivity index (χ3n) is 8.49. The van der Waals surface area contributed by atoms with E-state index in [1.165, 1.54) is 17.1 Å². The van der Waals surface area contributed by atoms with Crippen LogP contribution in [-0.2, 0) is 34.8 Å². The van der Waals surface area contributed by atoms with Crippen LogP contribution in [0, 0.1) is 5.92 Å². The Bertz CT molecular complexity index is 1900. The fourth-order valence-electron chi connectivity index (χ4n) is 5.70. The van der Waals surface area contributed by atoms with Gasteiger partial charge < -0.3 is 30.4 Å². The molecule has 5 N–H and O–H groups in total. The predicted molar refractivity (Wildman–Crippen MR) is 188 cm³/mol. The molecule has 260 valence electrons. The summed E-state index contributed by atoms with van der Waals surface area (Å²) in [6.07, 6.45) is 2.40. The number of nitrogen functional groups attached to an aromatic ring is 1. The number of para-hydroxylation sites is 2. The van der Waals surface area contributed by atoms with Gasteiger partial charge in [0.25, 0.3) is 15.9 Å². The second kappa shape index (κ2) is 15.1. The first-order chi connectivity index (χ1) is 23.3. The van der Waals surface area contributed by atoms with E-state index in [-0.39, 0.29) is 47.6 Å². The minimum atomic E-state index is -3.96. The summed E-state index contributed by atoms with van der Waals surface area (Å²) in [7, 11) is -0.310. The van der Waals surface area contributed by atoms with Gasteiger partial charge >= 0.3 is 0 Å². The Morgan fingerprint density at radius 1 is 1.16 bits per heavy atom. The molecule has 49 heavy (non-hydrogen) atoms. The molecule has 0 bridgehead atoms. The third-order valence-corrected chi connectivity index (χ3v) is 9.76. The highest BCUT2D eigenvalue weighted by atomic mass is 32.2. The molecular weight excluding hydrogens is 646 g/mol. The highest BCUT2D eigenvalue weighted by Crippen LogP contribution is 2.30. The van der Waals surface area contributed by atoms with E-state index in [9.17, 15) is 23.1 Å². The van der Waals surface area contributed by atoms with E-state index in [2.05, 4.69) is 19.9 Å². The fraction of sp³-hybridized carbons (Fsp3) is 0.343. The van der Waals surface area contributed by atoms with Gasteiger partial charge in [-0.05, 0) is 62.0 Å². The molecule has 2 heterocycles. The van der Waals surface area contributed by atoms with Crippen LogP contribution in [-0.4, -0.2) is 83.6 Å². The van der Waals surface area contributed by atoms with Gasteiger partial charge in [0.05, 0.1) is 36.8 Å². The molecule has 14 heteroatoms. The zero-order valence-electron chi connectivity index (χ0n) is 28.0. The summed E-state index contributed by atoms with van der Waals surface area (Å²) in [5.41, 5.74) is 9.29. The Morgan fingerprint density at radius 2 is 1.90 bits per heavy atom. The topological polar surface area (TPSA) is 172 Å². The Balaban J connectivity index is 1.32. The number of likely N-dealkylation sites (N-methyl/N-ethyl adjacent to an activating group) is 1. The third kappa shape index (κ3) is 8.76. The van der Waals surface area contributed by atoms with Crippen molar-refractivity contribution in [2.75, 3.05) is 42.5 Å². The van der Waals surface area contributed by atoms with Gasteiger partial charge in [0, 0.05) is 55.6 Å². The molecule has 0 aliphatic carbocycles. The number of carbonyl (C=O) groups is 2. The molecule has 0 saturated heterocycles. The quantitative estimate of drug-likeness (QED) is 0.172. The number of carbonyl (C=O) groups excluding carboxylic acids is 2. The van der Waals surface area contributed by atoms with Gasteiger partial charge in [-0.25, -0.2) is 4.98 Å². The van der Waals surface area contributed by atoms with Crippen molar-refractivity contribution in [2.45, 2.75) is 44.0 Å². The van der Waals surface area contributed by atoms with Crippen molar-refractivity contribution in [3.05, 3.63) is 95.9 Å². The normalized spacial score (nSPS) is 17.3. The van der Waals surface area contributed by atoms with Crippen LogP contribution >= 0.6 is 0 Å². The lowest BCUT2D eigenvalue weighted by Gasteiger charge is -2.34. The van der Waals surface area contributed by atoms with Gasteiger partial charge in [-0.2, -0.15) is 8.42 Å². The number of nitrogens with zero attached hydrogens (tertiary/aromatic N) is 4. The maximum Gasteiger partial charge on any atom is 0.280 e. The van der Waals surface area contributed by atoms with E-state index in [1.807, 2.05) is 26.1 Å². The van der Waals surface area contributed by atoms with Crippen molar-refractivity contribution in [1.82, 2.24) is 19.4 Å². The van der Waals surface area contributed by atoms with Crippen LogP contribution in [0.15, 0.2) is 84.3 Å². The van der Waals surface area contributed by atoms with Crippen molar-refractivity contribution >= 4 is 38.9 Å². The zero-order chi connectivity index (χ0) is 35.3. The zero-order valence-corrected chi connectivity index (χ0v) is 28.9. The van der Waals surface area contributed by atoms with E-state index in [4.69, 9.17) is 10.5 Å². The van der Waals surface area contributed by atoms with Crippen LogP contribution in [0.25, 0.3) is 0 Å². The lowest BCUT2D eigenvalue weighted by Crippen LogP contribution is -2.47. The smallest absolute Gasteiger partial charge is 0.280 e. The number of fused-ring (bicyclic) bond motifs is 1. The molecule has 0 saturated carbocycles. The maximum absolute atomic E-state index is 13.6. The second-order valence-electron chi connectivity index (χ2n) is 12.6. The number of aliphatic hydroxyl groups is 1. The molecule has 5 rings (SSSR count). The molecule has 1 aromatic heterocycles. The number of hydrogen-bond donors (Lipinski definition) is 4. The largest absolute Gasteiger partial charge is 0.488 e. The number of nitrogens with two attached hydrogens (primary N) is 1. The van der Waals surface area contributed by atoms with Crippen LogP contribution in [0.4, 0.5) is 17.1 Å². The monoisotopic (exact) mass is 689 g/mol. The number of anilines is 3. The number of aromatic nitrogens is 2. The number of aliphatic hydroxyl groups excluding tert-OH is 1. The molecule has 1 aliphatic rings. The molecule has 3 atom stereocenters. The van der Waals surface area contributed by atoms with Crippen LogP contribution in [0.3, 0.4) is 0 Å². The molecule has 3 aromatic carbocycles. The number of nitrogens with one attached hydrogen (secondary N) is 2. The number of aryl methyl sites for hydroxylation is 1. The number of ether oxygens (including phenoxy) is 1. The number of hydrogen-bond acceptors (Lipinski definition) is 9. The summed E-state index contributed by atoms with van der Waals surface area (Å²) in [4.78, 5) is 34.1. The first kappa shape index (κ1) is 35.4. The molecule has 0 radical (unpaired) electrons. The van der Waals surface area contributed by atoms with Crippen LogP contribution < -0.4 is 20.5 Å². The minimum Gasteiger partial charge on any atom is -0.488 e. The summed E-state index contributed by atoms with van der Waals surface area (Å²) in [6, 6.07) is 18.9. The number of sulfonamides is 1. The van der Waals surface area contributed by atoms with E-state index >= 15 is 0 Å². The van der Waals surface area contributed by atoms with Gasteiger partial charge in [-0.3, -0.25) is 19.2 Å². The predicted octanol–water partition coefficient (Wildman–Crippen LogP) is 3.34. The van der Waals surface area contributed by atoms with Crippen molar-refractivity contribution in [3.63, 3.8) is 0 Å². The van der Waals surface area contributed by atoms with Crippen LogP contribution in [0.5, 0.6) is 5.75 Å². The average molecular weight is 690 g/mol. The van der Waals surface area contributed by atoms with E-state index in [0.29, 0.717) is 47.9 Å². The van der Waals surface area contributed by atoms with Gasteiger partial charge in [0.15, 0.2) is 5.03 Å². The molecule has 0 fully saturated rings. The molecule has 1 aliphatic heterocycles. The number of imidazole rings is 1. The second-order valence-corrected chi connectivity index (χ2v) is 14.3. The van der Waals surface area contributed by atoms with Crippen molar-refractivity contribution in [3.8, 4) is 5.75 Å². The van der Waals surface area contributed by atoms with Gasteiger partial charge in [-0.1, -0.05) is 31.2 Å². The molecule has 0 unspecified atom stereocenters. The summed E-state index contributed by atoms with van der Waals surface area (Å²) in [5, 5.41) is 12.7. The van der Waals surface area contributed by atoms with Crippen molar-refractivity contribution in [2.24, 2.45) is 13.0 Å². The van der Waals surface area contributed by atoms with Gasteiger partial charge in [-0.15, -0.1) is 0 Å². The molecule has 4 aromatic rings. The maximum atomic E-state index is 13.6. The van der Waals surface area contributed by atoms with Crippen molar-refractivity contribution in [1.29, 1.82) is 0 Å². The first-order valence-electron chi connectivity index (χ1n) is 16.0. The Hall–Kier alpha value is -4.92. The SMILES string of the molecule is C[C@H]1CN([C@@H](C)CO)C(=O)Cc2cc(NS(=O)(=O)c3cn(C)cn3)ccc2O[C@H]1CN(C)Cc1ccc(C(=O)Nc2ccccc2N)cc1. The number of benzene rings is 3. The highest BCUT2D eigenvalue weighted by Gasteiger charge is 2.31. The Labute approximate surface area is 286 Å². The van der Waals surface area contributed by atoms with Crippen molar-refractivity contribution < 1.29 is 27.9 Å². The van der Waals surface area contributed by atoms with Crippen LogP contribution in [0.1, 0.15) is 35.3 Å². The molecular formula is C35H43N7O6S. The lowest BCUT2D eigenvalue weighted by molar-refractivity contribution is -0.134. The Morgan fingerprint density at radius 3 is 2.57 bits per heavy atom. The van der Waals surface area contributed by atoms with E-state index in [0.717, 1.165) is 5.56 Å².